The maximum atomic E-state index is 5.37. The summed E-state index contributed by atoms with van der Waals surface area (Å²) in [6.45, 7) is 0. The maximum Gasteiger partial charge on any atom is 0.107 e. The Kier molecular flexibility index (Phi) is 4.04. The first kappa shape index (κ1) is 13.2. The monoisotopic (exact) mass is 298 g/mol. The van der Waals surface area contributed by atoms with Gasteiger partial charge in [-0.25, -0.2) is 0 Å². The van der Waals surface area contributed by atoms with Gasteiger partial charge in [0.25, 0.3) is 0 Å². The number of para-hydroxylation sites is 1. The molecule has 2 aromatic carbocycles. The van der Waals surface area contributed by atoms with E-state index in [9.17, 15) is 0 Å². The molecule has 0 radical (unpaired) electrons. The number of rotatable bonds is 4. The summed E-state index contributed by atoms with van der Waals surface area (Å²) in [6, 6.07) is 20.5. The van der Waals surface area contributed by atoms with Gasteiger partial charge in [-0.15, -0.1) is 0 Å². The van der Waals surface area contributed by atoms with Crippen LogP contribution in [-0.4, -0.2) is 15.8 Å². The molecule has 100 valence electrons. The second-order valence-corrected chi connectivity index (χ2v) is 5.81. The number of benzene rings is 2. The van der Waals surface area contributed by atoms with E-state index >= 15 is 0 Å². The number of nitrogens with one attached hydrogen (secondary N) is 2. The van der Waals surface area contributed by atoms with Crippen LogP contribution in [0.4, 0.5) is 0 Å². The van der Waals surface area contributed by atoms with Gasteiger partial charge in [-0.1, -0.05) is 72.5 Å². The molecule has 0 saturated heterocycles. The highest BCUT2D eigenvalue weighted by Gasteiger charge is 2.02. The van der Waals surface area contributed by atoms with Gasteiger partial charge in [0.05, 0.1) is 10.9 Å². The van der Waals surface area contributed by atoms with Crippen LogP contribution in [-0.2, 0) is 0 Å². The average molecular weight is 298 g/mol. The average Bonchev–Trinajstić information content (AvgIpc) is 2.90. The number of thioether (sulfide) groups is 1. The number of hydrogen-bond acceptors (Lipinski definition) is 2. The molecule has 3 rings (SSSR count). The third-order valence-corrected chi connectivity index (χ3v) is 4.20. The zero-order chi connectivity index (χ0) is 13.8. The van der Waals surface area contributed by atoms with E-state index in [1.165, 1.54) is 10.9 Å². The molecule has 1 heterocycles. The highest BCUT2D eigenvalue weighted by Crippen LogP contribution is 2.22. The second kappa shape index (κ2) is 6.11. The van der Waals surface area contributed by atoms with Gasteiger partial charge < -0.3 is 10.3 Å². The first-order valence-corrected chi connectivity index (χ1v) is 7.76. The smallest absolute Gasteiger partial charge is 0.107 e. The fourth-order valence-corrected chi connectivity index (χ4v) is 3.06. The van der Waals surface area contributed by atoms with Gasteiger partial charge in [0.1, 0.15) is 4.99 Å². The van der Waals surface area contributed by atoms with E-state index in [2.05, 4.69) is 28.5 Å². The van der Waals surface area contributed by atoms with Gasteiger partial charge in [0, 0.05) is 16.5 Å². The molecule has 0 aliphatic carbocycles. The molecule has 1 aromatic heterocycles. The van der Waals surface area contributed by atoms with Crippen molar-refractivity contribution >= 4 is 39.9 Å². The van der Waals surface area contributed by atoms with Gasteiger partial charge in [-0.2, -0.15) is 0 Å². The van der Waals surface area contributed by atoms with Crippen molar-refractivity contribution in [2.24, 2.45) is 0 Å². The quantitative estimate of drug-likeness (QED) is 0.430. The summed E-state index contributed by atoms with van der Waals surface area (Å²) < 4.78 is 0. The van der Waals surface area contributed by atoms with E-state index in [4.69, 9.17) is 12.2 Å². The van der Waals surface area contributed by atoms with Gasteiger partial charge >= 0.3 is 0 Å². The summed E-state index contributed by atoms with van der Waals surface area (Å²) in [7, 11) is 0. The number of hydrogen-bond donors (Lipinski definition) is 2. The minimum atomic E-state index is 0.751. The Hall–Kier alpha value is -1.78. The van der Waals surface area contributed by atoms with Crippen LogP contribution in [0, 0.1) is 0 Å². The van der Waals surface area contributed by atoms with E-state index in [0.29, 0.717) is 0 Å². The summed E-state index contributed by atoms with van der Waals surface area (Å²) >= 11 is 7.08. The van der Waals surface area contributed by atoms with E-state index in [-0.39, 0.29) is 0 Å². The van der Waals surface area contributed by atoms with Crippen LogP contribution < -0.4 is 5.32 Å². The number of aromatic amines is 1. The number of fused-ring (bicyclic) bond motifs is 1. The summed E-state index contributed by atoms with van der Waals surface area (Å²) in [5.41, 5.74) is 2.22. The van der Waals surface area contributed by atoms with E-state index in [1.54, 1.807) is 11.8 Å². The fraction of sp³-hybridized carbons (Fsp3) is 0.0625. The van der Waals surface area contributed by atoms with Crippen molar-refractivity contribution in [3.8, 4) is 0 Å². The molecule has 2 N–H and O–H groups in total. The summed E-state index contributed by atoms with van der Waals surface area (Å²) in [5, 5.41) is 5.65. The molecule has 0 fully saturated rings. The predicted octanol–water partition coefficient (Wildman–Crippen LogP) is 4.18. The van der Waals surface area contributed by atoms with Crippen LogP contribution in [0.25, 0.3) is 10.9 Å². The lowest BCUT2D eigenvalue weighted by Crippen LogP contribution is -2.21. The topological polar surface area (TPSA) is 27.8 Å². The van der Waals surface area contributed by atoms with Crippen molar-refractivity contribution in [3.63, 3.8) is 0 Å². The van der Waals surface area contributed by atoms with Crippen LogP contribution in [0.2, 0.25) is 0 Å². The minimum Gasteiger partial charge on any atom is -0.366 e. The second-order valence-electron chi connectivity index (χ2n) is 4.38. The molecule has 0 saturated carbocycles. The Morgan fingerprint density at radius 1 is 1.05 bits per heavy atom. The molecule has 20 heavy (non-hydrogen) atoms. The van der Waals surface area contributed by atoms with Crippen LogP contribution in [0.1, 0.15) is 5.56 Å². The molecule has 0 amide bonds. The Labute approximate surface area is 127 Å². The molecule has 0 atom stereocenters. The van der Waals surface area contributed by atoms with Crippen LogP contribution >= 0.6 is 24.0 Å². The predicted molar refractivity (Wildman–Crippen MR) is 90.3 cm³/mol. The first-order chi connectivity index (χ1) is 9.83. The highest BCUT2D eigenvalue weighted by atomic mass is 32.2. The lowest BCUT2D eigenvalue weighted by molar-refractivity contribution is 1.13. The Morgan fingerprint density at radius 2 is 1.80 bits per heavy atom. The zero-order valence-corrected chi connectivity index (χ0v) is 12.4. The van der Waals surface area contributed by atoms with Gasteiger partial charge in [0.2, 0.25) is 0 Å². The molecule has 0 aliphatic rings. The van der Waals surface area contributed by atoms with E-state index in [0.717, 1.165) is 21.5 Å². The molecular weight excluding hydrogens is 284 g/mol. The van der Waals surface area contributed by atoms with Crippen molar-refractivity contribution in [1.29, 1.82) is 0 Å². The molecule has 0 bridgehead atoms. The zero-order valence-electron chi connectivity index (χ0n) is 10.8. The SMILES string of the molecule is S=C(NCSc1cc2ccccc2[nH]1)c1ccccc1. The number of thiocarbonyl (C=S) groups is 1. The molecule has 3 aromatic rings. The first-order valence-electron chi connectivity index (χ1n) is 6.37. The Bertz CT molecular complexity index is 686. The molecule has 0 spiro atoms. The summed E-state index contributed by atoms with van der Waals surface area (Å²) in [4.78, 5) is 4.18. The van der Waals surface area contributed by atoms with Gasteiger partial charge in [0.15, 0.2) is 0 Å². The molecular formula is C16H14N2S2. The summed E-state index contributed by atoms with van der Waals surface area (Å²) in [5.74, 6) is 0.751. The minimum absolute atomic E-state index is 0.751. The Balaban J connectivity index is 1.58. The van der Waals surface area contributed by atoms with Crippen molar-refractivity contribution in [2.45, 2.75) is 5.03 Å². The number of aromatic nitrogens is 1. The normalized spacial score (nSPS) is 10.6. The van der Waals surface area contributed by atoms with Crippen molar-refractivity contribution in [2.75, 3.05) is 5.88 Å². The van der Waals surface area contributed by atoms with Crippen molar-refractivity contribution in [1.82, 2.24) is 10.3 Å². The molecule has 2 nitrogen and oxygen atoms in total. The third kappa shape index (κ3) is 3.03. The maximum absolute atomic E-state index is 5.37. The van der Waals surface area contributed by atoms with Crippen molar-refractivity contribution < 1.29 is 0 Å². The standard InChI is InChI=1S/C16H14N2S2/c19-16(12-6-2-1-3-7-12)17-11-20-15-10-13-8-4-5-9-14(13)18-15/h1-10,18H,11H2,(H,17,19). The third-order valence-electron chi connectivity index (χ3n) is 3.00. The van der Waals surface area contributed by atoms with Crippen LogP contribution in [0.5, 0.6) is 0 Å². The number of H-pyrrole nitrogens is 1. The van der Waals surface area contributed by atoms with Crippen LogP contribution in [0.3, 0.4) is 0 Å². The highest BCUT2D eigenvalue weighted by molar-refractivity contribution is 7.99. The van der Waals surface area contributed by atoms with Gasteiger partial charge in [-0.3, -0.25) is 0 Å². The van der Waals surface area contributed by atoms with E-state index < -0.39 is 0 Å². The lowest BCUT2D eigenvalue weighted by Gasteiger charge is -2.06. The Morgan fingerprint density at radius 3 is 2.60 bits per heavy atom. The van der Waals surface area contributed by atoms with Crippen molar-refractivity contribution in [3.05, 3.63) is 66.2 Å². The fourth-order valence-electron chi connectivity index (χ4n) is 2.00. The lowest BCUT2D eigenvalue weighted by atomic mass is 10.2. The van der Waals surface area contributed by atoms with Gasteiger partial charge in [-0.05, 0) is 12.1 Å². The largest absolute Gasteiger partial charge is 0.366 e. The van der Waals surface area contributed by atoms with Crippen LogP contribution in [0.15, 0.2) is 65.7 Å². The molecule has 4 heteroatoms. The molecule has 0 unspecified atom stereocenters. The van der Waals surface area contributed by atoms with E-state index in [1.807, 2.05) is 42.5 Å². The summed E-state index contributed by atoms with van der Waals surface area (Å²) in [6.07, 6.45) is 0. The molecule has 0 aliphatic heterocycles.